The van der Waals surface area contributed by atoms with Gasteiger partial charge in [0.05, 0.1) is 11.0 Å². The topological polar surface area (TPSA) is 106 Å². The normalized spacial score (nSPS) is 14.5. The van der Waals surface area contributed by atoms with Crippen LogP contribution in [0.25, 0.3) is 0 Å². The molecule has 0 aliphatic carbocycles. The highest BCUT2D eigenvalue weighted by Gasteiger charge is 2.23. The zero-order valence-electron chi connectivity index (χ0n) is 15.3. The second-order valence-electron chi connectivity index (χ2n) is 6.31. The molecule has 146 valence electrons. The van der Waals surface area contributed by atoms with Crippen LogP contribution in [0.3, 0.4) is 0 Å². The summed E-state index contributed by atoms with van der Waals surface area (Å²) in [5.74, 6) is -0.115. The van der Waals surface area contributed by atoms with Gasteiger partial charge in [-0.05, 0) is 36.4 Å². The van der Waals surface area contributed by atoms with Crippen molar-refractivity contribution in [2.24, 2.45) is 0 Å². The zero-order valence-corrected chi connectivity index (χ0v) is 16.1. The molecule has 0 atom stereocenters. The minimum atomic E-state index is -3.68. The Balaban J connectivity index is 1.60. The van der Waals surface area contributed by atoms with E-state index < -0.39 is 10.0 Å². The van der Waals surface area contributed by atoms with Crippen molar-refractivity contribution in [1.29, 1.82) is 5.26 Å². The molecule has 2 heterocycles. The minimum Gasteiger partial charge on any atom is -0.368 e. The number of nitriles is 1. The quantitative estimate of drug-likeness (QED) is 0.733. The Bertz CT molecular complexity index is 947. The fraction of sp³-hybridized carbons (Fsp3) is 0.316. The molecule has 1 saturated heterocycles. The lowest BCUT2D eigenvalue weighted by Crippen LogP contribution is -2.48. The molecule has 1 amide bonds. The number of carbonyl (C=O) groups excluding carboxylic acids is 1. The van der Waals surface area contributed by atoms with Gasteiger partial charge in [0.25, 0.3) is 5.91 Å². The molecular weight excluding hydrogens is 378 g/mol. The van der Waals surface area contributed by atoms with Crippen molar-refractivity contribution in [3.05, 3.63) is 54.4 Å². The van der Waals surface area contributed by atoms with Gasteiger partial charge in [-0.25, -0.2) is 13.1 Å². The molecule has 1 N–H and O–H groups in total. The van der Waals surface area contributed by atoms with Gasteiger partial charge in [-0.3, -0.25) is 9.78 Å². The number of sulfonamides is 1. The van der Waals surface area contributed by atoms with Crippen molar-refractivity contribution in [3.8, 4) is 6.07 Å². The number of benzene rings is 1. The van der Waals surface area contributed by atoms with Gasteiger partial charge in [0, 0.05) is 62.8 Å². The van der Waals surface area contributed by atoms with Crippen molar-refractivity contribution < 1.29 is 13.2 Å². The highest BCUT2D eigenvalue weighted by Crippen LogP contribution is 2.17. The predicted molar refractivity (Wildman–Crippen MR) is 104 cm³/mol. The lowest BCUT2D eigenvalue weighted by atomic mass is 10.2. The molecule has 28 heavy (non-hydrogen) atoms. The molecule has 0 radical (unpaired) electrons. The molecule has 0 bridgehead atoms. The lowest BCUT2D eigenvalue weighted by Gasteiger charge is -2.36. The van der Waals surface area contributed by atoms with Crippen LogP contribution < -0.4 is 9.62 Å². The molecule has 0 saturated carbocycles. The first-order chi connectivity index (χ1) is 13.5. The number of nitrogens with zero attached hydrogens (tertiary/aromatic N) is 4. The summed E-state index contributed by atoms with van der Waals surface area (Å²) in [6, 6.07) is 11.6. The number of piperazine rings is 1. The third-order valence-electron chi connectivity index (χ3n) is 4.54. The van der Waals surface area contributed by atoms with Gasteiger partial charge in [-0.2, -0.15) is 5.26 Å². The van der Waals surface area contributed by atoms with Crippen molar-refractivity contribution in [2.45, 2.75) is 11.3 Å². The predicted octanol–water partition coefficient (Wildman–Crippen LogP) is 1.24. The number of hydrogen-bond donors (Lipinski definition) is 1. The van der Waals surface area contributed by atoms with Crippen LogP contribution in [0, 0.1) is 11.3 Å². The Morgan fingerprint density at radius 2 is 1.71 bits per heavy atom. The second-order valence-corrected chi connectivity index (χ2v) is 8.08. The van der Waals surface area contributed by atoms with Crippen LogP contribution in [0.4, 0.5) is 5.69 Å². The summed E-state index contributed by atoms with van der Waals surface area (Å²) >= 11 is 0. The largest absolute Gasteiger partial charge is 0.368 e. The van der Waals surface area contributed by atoms with Crippen LogP contribution >= 0.6 is 0 Å². The average Bonchev–Trinajstić information content (AvgIpc) is 2.74. The number of hydrogen-bond acceptors (Lipinski definition) is 6. The van der Waals surface area contributed by atoms with Crippen molar-refractivity contribution in [3.63, 3.8) is 0 Å². The van der Waals surface area contributed by atoms with E-state index in [2.05, 4.69) is 14.6 Å². The van der Waals surface area contributed by atoms with Gasteiger partial charge in [-0.15, -0.1) is 0 Å². The van der Waals surface area contributed by atoms with Crippen LogP contribution in [0.15, 0.2) is 53.7 Å². The Kier molecular flexibility index (Phi) is 6.23. The van der Waals surface area contributed by atoms with E-state index in [-0.39, 0.29) is 23.8 Å². The number of amides is 1. The van der Waals surface area contributed by atoms with Crippen molar-refractivity contribution >= 4 is 21.6 Å². The monoisotopic (exact) mass is 399 g/mol. The van der Waals surface area contributed by atoms with Crippen LogP contribution in [0.1, 0.15) is 16.8 Å². The number of pyridine rings is 1. The molecule has 1 fully saturated rings. The van der Waals surface area contributed by atoms with E-state index >= 15 is 0 Å². The first-order valence-electron chi connectivity index (χ1n) is 8.92. The maximum absolute atomic E-state index is 12.7. The molecule has 1 aromatic heterocycles. The Morgan fingerprint density at radius 3 is 2.32 bits per heavy atom. The van der Waals surface area contributed by atoms with Gasteiger partial charge in [-0.1, -0.05) is 0 Å². The number of anilines is 1. The summed E-state index contributed by atoms with van der Waals surface area (Å²) in [5, 5.41) is 8.50. The van der Waals surface area contributed by atoms with Gasteiger partial charge >= 0.3 is 0 Å². The van der Waals surface area contributed by atoms with Crippen LogP contribution in [-0.2, 0) is 10.0 Å². The molecule has 0 spiro atoms. The van der Waals surface area contributed by atoms with E-state index in [4.69, 9.17) is 5.26 Å². The van der Waals surface area contributed by atoms with Crippen LogP contribution in [0.5, 0.6) is 0 Å². The maximum Gasteiger partial charge on any atom is 0.253 e. The van der Waals surface area contributed by atoms with Crippen LogP contribution in [0.2, 0.25) is 0 Å². The van der Waals surface area contributed by atoms with E-state index in [9.17, 15) is 13.2 Å². The molecule has 1 aromatic carbocycles. The molecule has 1 aliphatic rings. The number of carbonyl (C=O) groups is 1. The molecule has 1 aliphatic heterocycles. The molecule has 0 unspecified atom stereocenters. The summed E-state index contributed by atoms with van der Waals surface area (Å²) in [7, 11) is -3.68. The van der Waals surface area contributed by atoms with Gasteiger partial charge in [0.2, 0.25) is 10.0 Å². The molecule has 9 heteroatoms. The highest BCUT2D eigenvalue weighted by atomic mass is 32.2. The summed E-state index contributed by atoms with van der Waals surface area (Å²) in [6.45, 7) is 2.70. The average molecular weight is 399 g/mol. The third kappa shape index (κ3) is 4.65. The standard InChI is InChI=1S/C19H21N5O3S/c20-8-1-9-22-28(26,27)18-4-2-16(3-5-18)19(25)24-14-12-23(13-15-24)17-6-10-21-11-7-17/h2-7,10-11,22H,1,9,12-15H2. The number of nitrogens with one attached hydrogen (secondary N) is 1. The van der Waals surface area contributed by atoms with Crippen LogP contribution in [-0.4, -0.2) is 56.9 Å². The van der Waals surface area contributed by atoms with Gasteiger partial charge < -0.3 is 9.80 Å². The van der Waals surface area contributed by atoms with Crippen molar-refractivity contribution in [2.75, 3.05) is 37.6 Å². The molecule has 8 nitrogen and oxygen atoms in total. The Morgan fingerprint density at radius 1 is 1.07 bits per heavy atom. The van der Waals surface area contributed by atoms with Gasteiger partial charge in [0.15, 0.2) is 0 Å². The first-order valence-corrected chi connectivity index (χ1v) is 10.4. The minimum absolute atomic E-state index is 0.0568. The van der Waals surface area contributed by atoms with E-state index in [0.29, 0.717) is 18.7 Å². The van der Waals surface area contributed by atoms with Gasteiger partial charge in [0.1, 0.15) is 0 Å². The third-order valence-corrected chi connectivity index (χ3v) is 6.01. The summed E-state index contributed by atoms with van der Waals surface area (Å²) in [5.41, 5.74) is 1.54. The Hall–Kier alpha value is -2.96. The molecule has 2 aromatic rings. The first kappa shape index (κ1) is 19.8. The fourth-order valence-corrected chi connectivity index (χ4v) is 4.04. The lowest BCUT2D eigenvalue weighted by molar-refractivity contribution is 0.0746. The molecule has 3 rings (SSSR count). The van der Waals surface area contributed by atoms with E-state index in [0.717, 1.165) is 18.8 Å². The maximum atomic E-state index is 12.7. The van der Waals surface area contributed by atoms with E-state index in [1.54, 1.807) is 17.3 Å². The van der Waals surface area contributed by atoms with E-state index in [1.165, 1.54) is 24.3 Å². The number of rotatable bonds is 6. The summed E-state index contributed by atoms with van der Waals surface area (Å²) in [6.07, 6.45) is 3.59. The second kappa shape index (κ2) is 8.82. The highest BCUT2D eigenvalue weighted by molar-refractivity contribution is 7.89. The smallest absolute Gasteiger partial charge is 0.253 e. The Labute approximate surface area is 164 Å². The fourth-order valence-electron chi connectivity index (χ4n) is 3.01. The summed E-state index contributed by atoms with van der Waals surface area (Å²) in [4.78, 5) is 20.8. The SMILES string of the molecule is N#CCCNS(=O)(=O)c1ccc(C(=O)N2CCN(c3ccncc3)CC2)cc1. The number of aromatic nitrogens is 1. The summed E-state index contributed by atoms with van der Waals surface area (Å²) < 4.78 is 26.6. The van der Waals surface area contributed by atoms with E-state index in [1.807, 2.05) is 18.2 Å². The van der Waals surface area contributed by atoms with Crippen molar-refractivity contribution in [1.82, 2.24) is 14.6 Å². The zero-order chi connectivity index (χ0) is 20.0. The molecular formula is C19H21N5O3S.